The summed E-state index contributed by atoms with van der Waals surface area (Å²) in [6.07, 6.45) is -4.90. The van der Waals surface area contributed by atoms with E-state index in [1.54, 1.807) is 0 Å². The van der Waals surface area contributed by atoms with E-state index < -0.39 is 21.6 Å². The molecule has 9 heteroatoms. The number of nitrogens with zero attached hydrogens (tertiary/aromatic N) is 1. The Morgan fingerprint density at radius 3 is 1.85 bits per heavy atom. The molecule has 0 aromatic heterocycles. The number of nitrogens with one attached hydrogen (secondary N) is 1. The van der Waals surface area contributed by atoms with E-state index in [1.165, 1.54) is 0 Å². The van der Waals surface area contributed by atoms with Crippen LogP contribution in [0.4, 0.5) is 13.2 Å². The maximum atomic E-state index is 11.7. The Labute approximate surface area is 86.2 Å². The topological polar surface area (TPSA) is 62.2 Å². The van der Waals surface area contributed by atoms with Crippen LogP contribution in [0.15, 0.2) is 4.99 Å². The van der Waals surface area contributed by atoms with Crippen molar-refractivity contribution in [3.8, 4) is 0 Å². The van der Waals surface area contributed by atoms with Crippen molar-refractivity contribution >= 4 is 46.5 Å². The molecule has 3 N–H and O–H groups in total. The van der Waals surface area contributed by atoms with E-state index in [0.29, 0.717) is 0 Å². The van der Waals surface area contributed by atoms with E-state index >= 15 is 0 Å². The first kappa shape index (κ1) is 12.8. The van der Waals surface area contributed by atoms with E-state index in [9.17, 15) is 13.2 Å². The fraction of sp³-hybridized carbons (Fsp3) is 0.500. The normalized spacial score (nSPS) is 14.5. The maximum Gasteiger partial charge on any atom is 0.450 e. The third-order valence-corrected chi connectivity index (χ3v) is 1.37. The Kier molecular flexibility index (Phi) is 3.83. The zero-order chi connectivity index (χ0) is 10.9. The number of hydrogen-bond acceptors (Lipinski definition) is 1. The molecule has 0 saturated carbocycles. The van der Waals surface area contributed by atoms with E-state index in [4.69, 9.17) is 45.9 Å². The molecular weight excluding hydrogens is 253 g/mol. The number of halogens is 6. The molecule has 0 unspecified atom stereocenters. The van der Waals surface area contributed by atoms with Crippen molar-refractivity contribution in [2.75, 3.05) is 0 Å². The van der Waals surface area contributed by atoms with E-state index in [1.807, 2.05) is 0 Å². The van der Waals surface area contributed by atoms with Gasteiger partial charge in [-0.1, -0.05) is 34.8 Å². The molecule has 0 amide bonds. The summed E-state index contributed by atoms with van der Waals surface area (Å²) in [6, 6.07) is 0. The Morgan fingerprint density at radius 1 is 1.23 bits per heavy atom. The second-order valence-corrected chi connectivity index (χ2v) is 4.12. The van der Waals surface area contributed by atoms with Gasteiger partial charge >= 0.3 is 6.18 Å². The van der Waals surface area contributed by atoms with Crippen molar-refractivity contribution in [3.63, 3.8) is 0 Å². The van der Waals surface area contributed by atoms with Gasteiger partial charge in [0.15, 0.2) is 5.84 Å². The van der Waals surface area contributed by atoms with Crippen LogP contribution < -0.4 is 5.73 Å². The van der Waals surface area contributed by atoms with Crippen molar-refractivity contribution in [1.82, 2.24) is 0 Å². The smallest absolute Gasteiger partial charge is 0.383 e. The lowest BCUT2D eigenvalue weighted by Crippen LogP contribution is -2.32. The summed E-state index contributed by atoms with van der Waals surface area (Å²) in [5, 5.41) is 6.38. The molecule has 0 saturated heterocycles. The molecule has 0 radical (unpaired) electrons. The standard InChI is InChI=1S/C4H3Cl3F3N3/c5-3(6,7)1(11)13-2(12)4(8,9)10/h(H3,11,12,13). The van der Waals surface area contributed by atoms with Crippen LogP contribution in [-0.4, -0.2) is 21.6 Å². The fourth-order valence-electron chi connectivity index (χ4n) is 0.247. The Hall–Kier alpha value is -0.200. The van der Waals surface area contributed by atoms with Gasteiger partial charge in [0.25, 0.3) is 0 Å². The van der Waals surface area contributed by atoms with E-state index in [-0.39, 0.29) is 0 Å². The van der Waals surface area contributed by atoms with Crippen LogP contribution in [-0.2, 0) is 0 Å². The van der Waals surface area contributed by atoms with Crippen LogP contribution in [0.5, 0.6) is 0 Å². The van der Waals surface area contributed by atoms with Gasteiger partial charge in [-0.05, 0) is 0 Å². The summed E-state index contributed by atoms with van der Waals surface area (Å²) in [5.74, 6) is -2.82. The van der Waals surface area contributed by atoms with Crippen LogP contribution >= 0.6 is 34.8 Å². The number of rotatable bonds is 0. The molecular formula is C4H3Cl3F3N3. The lowest BCUT2D eigenvalue weighted by Gasteiger charge is -2.10. The number of alkyl halides is 6. The number of nitrogens with two attached hydrogens (primary N) is 1. The van der Waals surface area contributed by atoms with Crippen molar-refractivity contribution in [2.45, 2.75) is 9.97 Å². The van der Waals surface area contributed by atoms with Crippen molar-refractivity contribution in [1.29, 1.82) is 5.41 Å². The first-order chi connectivity index (χ1) is 5.55. The first-order valence-corrected chi connectivity index (χ1v) is 3.75. The summed E-state index contributed by atoms with van der Waals surface area (Å²) in [7, 11) is 0. The summed E-state index contributed by atoms with van der Waals surface area (Å²) in [6.45, 7) is 0. The predicted molar refractivity (Wildman–Crippen MR) is 45.7 cm³/mol. The minimum Gasteiger partial charge on any atom is -0.383 e. The summed E-state index contributed by atoms with van der Waals surface area (Å²) < 4.78 is 32.8. The highest BCUT2D eigenvalue weighted by atomic mass is 35.6. The lowest BCUT2D eigenvalue weighted by molar-refractivity contribution is -0.0604. The number of amidine groups is 2. The third kappa shape index (κ3) is 4.54. The van der Waals surface area contributed by atoms with E-state index in [2.05, 4.69) is 4.99 Å². The average Bonchev–Trinajstić information content (AvgIpc) is 1.82. The molecule has 0 atom stereocenters. The molecule has 13 heavy (non-hydrogen) atoms. The molecule has 0 heterocycles. The average molecular weight is 256 g/mol. The van der Waals surface area contributed by atoms with Crippen LogP contribution in [0.1, 0.15) is 0 Å². The molecule has 0 aromatic carbocycles. The monoisotopic (exact) mass is 255 g/mol. The molecule has 0 bridgehead atoms. The summed E-state index contributed by atoms with van der Waals surface area (Å²) in [5.41, 5.74) is 4.86. The molecule has 3 nitrogen and oxygen atoms in total. The van der Waals surface area contributed by atoms with Crippen LogP contribution in [0, 0.1) is 5.41 Å². The van der Waals surface area contributed by atoms with Gasteiger partial charge in [0.1, 0.15) is 0 Å². The zero-order valence-corrected chi connectivity index (χ0v) is 8.06. The highest BCUT2D eigenvalue weighted by Gasteiger charge is 2.36. The molecule has 0 aliphatic carbocycles. The van der Waals surface area contributed by atoms with Crippen LogP contribution in [0.2, 0.25) is 0 Å². The summed E-state index contributed by atoms with van der Waals surface area (Å²) in [4.78, 5) is 2.58. The Balaban J connectivity index is 4.70. The highest BCUT2D eigenvalue weighted by molar-refractivity contribution is 6.76. The predicted octanol–water partition coefficient (Wildman–Crippen LogP) is 2.25. The highest BCUT2D eigenvalue weighted by Crippen LogP contribution is 2.27. The van der Waals surface area contributed by atoms with Gasteiger partial charge in [-0.15, -0.1) is 0 Å². The molecule has 0 rings (SSSR count). The van der Waals surface area contributed by atoms with Crippen LogP contribution in [0.3, 0.4) is 0 Å². The van der Waals surface area contributed by atoms with Crippen molar-refractivity contribution < 1.29 is 13.2 Å². The van der Waals surface area contributed by atoms with Gasteiger partial charge in [-0.3, -0.25) is 5.41 Å². The van der Waals surface area contributed by atoms with Gasteiger partial charge in [0.05, 0.1) is 0 Å². The largest absolute Gasteiger partial charge is 0.450 e. The summed E-state index contributed by atoms with van der Waals surface area (Å²) >= 11 is 15.3. The van der Waals surface area contributed by atoms with E-state index in [0.717, 1.165) is 0 Å². The molecule has 0 spiro atoms. The first-order valence-electron chi connectivity index (χ1n) is 2.62. The Bertz CT molecular complexity index is 241. The number of hydrogen-bond donors (Lipinski definition) is 2. The fourth-order valence-corrected chi connectivity index (χ4v) is 0.374. The number of aliphatic imine (C=N–C) groups is 1. The maximum absolute atomic E-state index is 11.7. The van der Waals surface area contributed by atoms with Gasteiger partial charge in [0, 0.05) is 0 Å². The van der Waals surface area contributed by atoms with Crippen molar-refractivity contribution in [3.05, 3.63) is 0 Å². The minimum absolute atomic E-state index is 0.903. The van der Waals surface area contributed by atoms with Crippen molar-refractivity contribution in [2.24, 2.45) is 10.7 Å². The van der Waals surface area contributed by atoms with Gasteiger partial charge in [-0.2, -0.15) is 13.2 Å². The zero-order valence-electron chi connectivity index (χ0n) is 5.79. The quantitative estimate of drug-likeness (QED) is 0.390. The van der Waals surface area contributed by atoms with Crippen LogP contribution in [0.25, 0.3) is 0 Å². The second kappa shape index (κ2) is 3.89. The second-order valence-electron chi connectivity index (χ2n) is 1.84. The SMILES string of the molecule is N=C(N=C(N)C(Cl)(Cl)Cl)C(F)(F)F. The molecule has 0 aromatic rings. The third-order valence-electron chi connectivity index (χ3n) is 0.791. The molecule has 0 aliphatic rings. The Morgan fingerprint density at radius 2 is 1.62 bits per heavy atom. The molecule has 76 valence electrons. The minimum atomic E-state index is -4.90. The lowest BCUT2D eigenvalue weighted by atomic mass is 10.5. The molecule has 0 fully saturated rings. The van der Waals surface area contributed by atoms with Gasteiger partial charge < -0.3 is 5.73 Å². The van der Waals surface area contributed by atoms with Gasteiger partial charge in [0.2, 0.25) is 9.63 Å². The van der Waals surface area contributed by atoms with Gasteiger partial charge in [-0.25, -0.2) is 4.99 Å². The molecule has 0 aliphatic heterocycles.